The molecule has 2 heterocycles. The van der Waals surface area contributed by atoms with Crippen LogP contribution in [0.15, 0.2) is 18.3 Å². The van der Waals surface area contributed by atoms with E-state index in [1.807, 2.05) is 19.1 Å². The van der Waals surface area contributed by atoms with Crippen molar-refractivity contribution in [1.29, 1.82) is 0 Å². The summed E-state index contributed by atoms with van der Waals surface area (Å²) in [6.45, 7) is 4.59. The Balaban J connectivity index is 2.13. The van der Waals surface area contributed by atoms with Crippen molar-refractivity contribution in [2.45, 2.75) is 32.2 Å². The molecule has 0 aromatic carbocycles. The molecule has 0 unspecified atom stereocenters. The molecule has 0 amide bonds. The smallest absolute Gasteiger partial charge is 0.152 e. The van der Waals surface area contributed by atoms with E-state index >= 15 is 0 Å². The molecule has 1 aromatic heterocycles. The largest absolute Gasteiger partial charge is 0.396 e. The van der Waals surface area contributed by atoms with Crippen LogP contribution in [0, 0.1) is 0 Å². The van der Waals surface area contributed by atoms with Crippen LogP contribution in [0.4, 0.5) is 11.5 Å². The Morgan fingerprint density at radius 2 is 2.41 bits per heavy atom. The molecule has 4 nitrogen and oxygen atoms in total. The lowest BCUT2D eigenvalue weighted by Gasteiger charge is -2.36. The van der Waals surface area contributed by atoms with Crippen LogP contribution in [0.1, 0.15) is 26.2 Å². The summed E-state index contributed by atoms with van der Waals surface area (Å²) >= 11 is 0. The van der Waals surface area contributed by atoms with E-state index in [1.165, 1.54) is 12.8 Å². The van der Waals surface area contributed by atoms with Gasteiger partial charge in [0.25, 0.3) is 0 Å². The van der Waals surface area contributed by atoms with Crippen LogP contribution >= 0.6 is 0 Å². The summed E-state index contributed by atoms with van der Waals surface area (Å²) in [6.07, 6.45) is 5.44. The molecular formula is C13H21N3O. The van der Waals surface area contributed by atoms with Crippen molar-refractivity contribution in [3.63, 3.8) is 0 Å². The first kappa shape index (κ1) is 12.2. The normalized spacial score (nSPS) is 20.5. The molecule has 1 saturated heterocycles. The van der Waals surface area contributed by atoms with Gasteiger partial charge in [0.2, 0.25) is 0 Å². The molecular weight excluding hydrogens is 214 g/mol. The number of pyridine rings is 1. The molecule has 1 aliphatic rings. The van der Waals surface area contributed by atoms with Crippen LogP contribution in [0.3, 0.4) is 0 Å². The summed E-state index contributed by atoms with van der Waals surface area (Å²) in [7, 11) is 0. The quantitative estimate of drug-likeness (QED) is 0.868. The van der Waals surface area contributed by atoms with Crippen molar-refractivity contribution in [3.8, 4) is 0 Å². The Labute approximate surface area is 103 Å². The van der Waals surface area contributed by atoms with Gasteiger partial charge in [-0.1, -0.05) is 0 Å². The molecule has 0 spiro atoms. The zero-order valence-electron chi connectivity index (χ0n) is 10.4. The first-order chi connectivity index (χ1) is 8.33. The lowest BCUT2D eigenvalue weighted by molar-refractivity contribution is 0.123. The molecule has 4 heteroatoms. The number of piperidine rings is 1. The summed E-state index contributed by atoms with van der Waals surface area (Å²) in [4.78, 5) is 6.71. The summed E-state index contributed by atoms with van der Waals surface area (Å²) < 4.78 is 5.55. The highest BCUT2D eigenvalue weighted by Crippen LogP contribution is 2.27. The maximum Gasteiger partial charge on any atom is 0.152 e. The van der Waals surface area contributed by atoms with Gasteiger partial charge in [-0.2, -0.15) is 0 Å². The van der Waals surface area contributed by atoms with Crippen molar-refractivity contribution in [2.24, 2.45) is 0 Å². The number of nitrogen functional groups attached to an aromatic ring is 1. The molecule has 2 N–H and O–H groups in total. The highest BCUT2D eigenvalue weighted by atomic mass is 16.5. The van der Waals surface area contributed by atoms with Crippen LogP contribution < -0.4 is 10.6 Å². The van der Waals surface area contributed by atoms with Gasteiger partial charge >= 0.3 is 0 Å². The summed E-state index contributed by atoms with van der Waals surface area (Å²) in [5.41, 5.74) is 6.76. The fraction of sp³-hybridized carbons (Fsp3) is 0.615. The van der Waals surface area contributed by atoms with Crippen molar-refractivity contribution in [3.05, 3.63) is 18.3 Å². The lowest BCUT2D eigenvalue weighted by atomic mass is 10.0. The zero-order chi connectivity index (χ0) is 12.1. The van der Waals surface area contributed by atoms with Gasteiger partial charge in [-0.25, -0.2) is 4.98 Å². The predicted molar refractivity (Wildman–Crippen MR) is 70.1 cm³/mol. The highest BCUT2D eigenvalue weighted by Gasteiger charge is 2.24. The minimum absolute atomic E-state index is 0.417. The number of nitrogens with zero attached hydrogens (tertiary/aromatic N) is 2. The molecule has 0 aliphatic carbocycles. The molecule has 1 aromatic rings. The molecule has 1 aliphatic heterocycles. The highest BCUT2D eigenvalue weighted by molar-refractivity contribution is 5.62. The van der Waals surface area contributed by atoms with E-state index in [2.05, 4.69) is 9.88 Å². The van der Waals surface area contributed by atoms with Crippen molar-refractivity contribution >= 4 is 11.5 Å². The Morgan fingerprint density at radius 3 is 3.18 bits per heavy atom. The van der Waals surface area contributed by atoms with Gasteiger partial charge < -0.3 is 15.4 Å². The first-order valence-corrected chi connectivity index (χ1v) is 6.37. The number of aromatic nitrogens is 1. The topological polar surface area (TPSA) is 51.4 Å². The third-order valence-corrected chi connectivity index (χ3v) is 3.23. The van der Waals surface area contributed by atoms with Crippen LogP contribution in [0.25, 0.3) is 0 Å². The van der Waals surface area contributed by atoms with E-state index in [0.29, 0.717) is 6.04 Å². The number of rotatable bonds is 4. The third kappa shape index (κ3) is 2.88. The van der Waals surface area contributed by atoms with Gasteiger partial charge in [0.1, 0.15) is 0 Å². The second kappa shape index (κ2) is 5.87. The third-order valence-electron chi connectivity index (χ3n) is 3.23. The molecule has 0 saturated carbocycles. The van der Waals surface area contributed by atoms with Gasteiger partial charge in [-0.15, -0.1) is 0 Å². The van der Waals surface area contributed by atoms with Gasteiger partial charge in [-0.05, 0) is 38.3 Å². The number of hydrogen-bond donors (Lipinski definition) is 1. The Bertz CT molecular complexity index is 356. The molecule has 17 heavy (non-hydrogen) atoms. The molecule has 94 valence electrons. The second-order valence-corrected chi connectivity index (χ2v) is 4.42. The van der Waals surface area contributed by atoms with E-state index in [0.717, 1.165) is 37.7 Å². The van der Waals surface area contributed by atoms with E-state index < -0.39 is 0 Å². The minimum atomic E-state index is 0.417. The van der Waals surface area contributed by atoms with Crippen LogP contribution in [-0.2, 0) is 4.74 Å². The predicted octanol–water partition coefficient (Wildman–Crippen LogP) is 2.06. The fourth-order valence-electron chi connectivity index (χ4n) is 2.36. The van der Waals surface area contributed by atoms with Gasteiger partial charge in [0.05, 0.1) is 18.3 Å². The lowest BCUT2D eigenvalue weighted by Crippen LogP contribution is -2.43. The number of hydrogen-bond acceptors (Lipinski definition) is 4. The van der Waals surface area contributed by atoms with E-state index in [1.54, 1.807) is 6.20 Å². The number of anilines is 2. The summed E-state index contributed by atoms with van der Waals surface area (Å²) in [5.74, 6) is 0.914. The van der Waals surface area contributed by atoms with Gasteiger partial charge in [-0.3, -0.25) is 0 Å². The van der Waals surface area contributed by atoms with Crippen molar-refractivity contribution in [2.75, 3.05) is 30.4 Å². The van der Waals surface area contributed by atoms with Crippen LogP contribution in [0.5, 0.6) is 0 Å². The fourth-order valence-corrected chi connectivity index (χ4v) is 2.36. The summed E-state index contributed by atoms with van der Waals surface area (Å²) in [6, 6.07) is 4.20. The maximum absolute atomic E-state index is 6.00. The monoisotopic (exact) mass is 235 g/mol. The standard InChI is InChI=1S/C13H21N3O/c1-2-17-10-11-6-3-4-9-16(11)13-12(14)7-5-8-15-13/h5,7-8,11H,2-4,6,9-10,14H2,1H3/t11-/m0/s1. The Hall–Kier alpha value is -1.29. The molecule has 2 rings (SSSR count). The average Bonchev–Trinajstić information content (AvgIpc) is 2.37. The second-order valence-electron chi connectivity index (χ2n) is 4.42. The zero-order valence-corrected chi connectivity index (χ0v) is 10.4. The molecule has 0 bridgehead atoms. The van der Waals surface area contributed by atoms with E-state index in [4.69, 9.17) is 10.5 Å². The van der Waals surface area contributed by atoms with Gasteiger partial charge in [0.15, 0.2) is 5.82 Å². The molecule has 1 atom stereocenters. The average molecular weight is 235 g/mol. The van der Waals surface area contributed by atoms with Crippen molar-refractivity contribution < 1.29 is 4.74 Å². The van der Waals surface area contributed by atoms with E-state index in [-0.39, 0.29) is 0 Å². The van der Waals surface area contributed by atoms with Crippen LogP contribution in [-0.4, -0.2) is 30.8 Å². The Morgan fingerprint density at radius 1 is 1.53 bits per heavy atom. The Kier molecular flexibility index (Phi) is 4.20. The minimum Gasteiger partial charge on any atom is -0.396 e. The number of ether oxygens (including phenoxy) is 1. The first-order valence-electron chi connectivity index (χ1n) is 6.37. The maximum atomic E-state index is 6.00. The van der Waals surface area contributed by atoms with Crippen molar-refractivity contribution in [1.82, 2.24) is 4.98 Å². The molecule has 1 fully saturated rings. The SMILES string of the molecule is CCOC[C@@H]1CCCCN1c1ncccc1N. The number of nitrogens with two attached hydrogens (primary N) is 1. The van der Waals surface area contributed by atoms with E-state index in [9.17, 15) is 0 Å². The van der Waals surface area contributed by atoms with Gasteiger partial charge in [0, 0.05) is 19.3 Å². The summed E-state index contributed by atoms with van der Waals surface area (Å²) in [5, 5.41) is 0. The van der Waals surface area contributed by atoms with Crippen LogP contribution in [0.2, 0.25) is 0 Å². The molecule has 0 radical (unpaired) electrons.